The first-order valence-electron chi connectivity index (χ1n) is 7.08. The summed E-state index contributed by atoms with van der Waals surface area (Å²) in [4.78, 5) is 11.6. The number of carbonyl (C=O) groups is 1. The van der Waals surface area contributed by atoms with Gasteiger partial charge in [-0.3, -0.25) is 4.79 Å². The number of cyclic esters (lactones) is 1. The summed E-state index contributed by atoms with van der Waals surface area (Å²) in [6.07, 6.45) is 1.15. The Morgan fingerprint density at radius 1 is 1.21 bits per heavy atom. The molecule has 2 N–H and O–H groups in total. The van der Waals surface area contributed by atoms with Crippen molar-refractivity contribution in [3.05, 3.63) is 0 Å². The normalized spacial score (nSPS) is 44.5. The first kappa shape index (κ1) is 14.8. The Balaban J connectivity index is 2.00. The standard InChI is InChI=1S/C14H24O5/c1-8-3-9-4-12(9)13(16)7-11(18-2)5-10(15)6-14(17)19-8/h8-13,15-16H,3-7H2,1-2H3. The number of hydrogen-bond donors (Lipinski definition) is 2. The van der Waals surface area contributed by atoms with Crippen molar-refractivity contribution in [2.75, 3.05) is 7.11 Å². The van der Waals surface area contributed by atoms with Crippen molar-refractivity contribution in [1.29, 1.82) is 0 Å². The lowest BCUT2D eigenvalue weighted by atomic mass is 9.99. The maximum Gasteiger partial charge on any atom is 0.308 e. The van der Waals surface area contributed by atoms with Gasteiger partial charge in [-0.1, -0.05) is 0 Å². The monoisotopic (exact) mass is 272 g/mol. The number of esters is 1. The number of aliphatic hydroxyl groups excluding tert-OH is 2. The van der Waals surface area contributed by atoms with Crippen LogP contribution in [0.2, 0.25) is 0 Å². The molecule has 0 spiro atoms. The van der Waals surface area contributed by atoms with Crippen LogP contribution >= 0.6 is 0 Å². The molecular formula is C14H24O5. The van der Waals surface area contributed by atoms with E-state index in [0.717, 1.165) is 12.8 Å². The average molecular weight is 272 g/mol. The SMILES string of the molecule is COC1CC(O)CC(=O)OC(C)CC2CC2C(O)C1. The Morgan fingerprint density at radius 3 is 2.63 bits per heavy atom. The van der Waals surface area contributed by atoms with Gasteiger partial charge in [0, 0.05) is 13.5 Å². The number of aliphatic hydroxyl groups is 2. The van der Waals surface area contributed by atoms with Gasteiger partial charge in [0.15, 0.2) is 0 Å². The summed E-state index contributed by atoms with van der Waals surface area (Å²) < 4.78 is 10.6. The molecule has 110 valence electrons. The number of carbonyl (C=O) groups excluding carboxylic acids is 1. The van der Waals surface area contributed by atoms with Gasteiger partial charge >= 0.3 is 5.97 Å². The fourth-order valence-corrected chi connectivity index (χ4v) is 3.07. The topological polar surface area (TPSA) is 76.0 Å². The molecule has 2 aliphatic rings. The second-order valence-corrected chi connectivity index (χ2v) is 5.95. The fraction of sp³-hybridized carbons (Fsp3) is 0.929. The van der Waals surface area contributed by atoms with E-state index < -0.39 is 6.10 Å². The number of rotatable bonds is 1. The van der Waals surface area contributed by atoms with Crippen molar-refractivity contribution in [1.82, 2.24) is 0 Å². The maximum atomic E-state index is 11.6. The first-order valence-corrected chi connectivity index (χ1v) is 7.08. The van der Waals surface area contributed by atoms with E-state index in [1.165, 1.54) is 0 Å². The molecule has 1 saturated carbocycles. The lowest BCUT2D eigenvalue weighted by Gasteiger charge is -2.23. The predicted molar refractivity (Wildman–Crippen MR) is 68.4 cm³/mol. The molecule has 6 unspecified atom stereocenters. The smallest absolute Gasteiger partial charge is 0.308 e. The summed E-state index contributed by atoms with van der Waals surface area (Å²) in [5.74, 6) is 0.378. The van der Waals surface area contributed by atoms with E-state index in [1.54, 1.807) is 7.11 Å². The minimum atomic E-state index is -0.772. The largest absolute Gasteiger partial charge is 0.463 e. The molecule has 19 heavy (non-hydrogen) atoms. The Bertz CT molecular complexity index is 319. The molecule has 5 heteroatoms. The van der Waals surface area contributed by atoms with Crippen molar-refractivity contribution < 1.29 is 24.5 Å². The quantitative estimate of drug-likeness (QED) is 0.693. The van der Waals surface area contributed by atoms with E-state index in [2.05, 4.69) is 0 Å². The molecule has 0 bridgehead atoms. The summed E-state index contributed by atoms with van der Waals surface area (Å²) in [6.45, 7) is 1.87. The van der Waals surface area contributed by atoms with Gasteiger partial charge in [0.1, 0.15) is 0 Å². The Kier molecular flexibility index (Phi) is 4.81. The summed E-state index contributed by atoms with van der Waals surface area (Å²) in [5.41, 5.74) is 0. The number of fused-ring (bicyclic) bond motifs is 1. The zero-order valence-electron chi connectivity index (χ0n) is 11.6. The van der Waals surface area contributed by atoms with Crippen molar-refractivity contribution in [2.24, 2.45) is 11.8 Å². The fourth-order valence-electron chi connectivity index (χ4n) is 3.07. The predicted octanol–water partition coefficient (Wildman–Crippen LogP) is 0.865. The van der Waals surface area contributed by atoms with Crippen LogP contribution in [-0.4, -0.2) is 47.7 Å². The van der Waals surface area contributed by atoms with Gasteiger partial charge in [-0.25, -0.2) is 0 Å². The lowest BCUT2D eigenvalue weighted by molar-refractivity contribution is -0.151. The molecule has 2 fully saturated rings. The third kappa shape index (κ3) is 4.16. The summed E-state index contributed by atoms with van der Waals surface area (Å²) in [6, 6.07) is 0. The van der Waals surface area contributed by atoms with Crippen LogP contribution < -0.4 is 0 Å². The number of hydrogen-bond acceptors (Lipinski definition) is 5. The molecule has 2 rings (SSSR count). The molecule has 0 aromatic rings. The van der Waals surface area contributed by atoms with Crippen LogP contribution in [0.25, 0.3) is 0 Å². The zero-order chi connectivity index (χ0) is 14.0. The van der Waals surface area contributed by atoms with Crippen LogP contribution in [0.3, 0.4) is 0 Å². The summed E-state index contributed by atoms with van der Waals surface area (Å²) >= 11 is 0. The van der Waals surface area contributed by atoms with E-state index in [4.69, 9.17) is 9.47 Å². The van der Waals surface area contributed by atoms with Gasteiger partial charge in [-0.2, -0.15) is 0 Å². The molecule has 5 nitrogen and oxygen atoms in total. The molecular weight excluding hydrogens is 248 g/mol. The molecule has 0 aromatic heterocycles. The first-order chi connectivity index (χ1) is 8.99. The Labute approximate surface area is 113 Å². The molecule has 1 aliphatic heterocycles. The number of methoxy groups -OCH3 is 1. The maximum absolute atomic E-state index is 11.6. The summed E-state index contributed by atoms with van der Waals surface area (Å²) in [7, 11) is 1.57. The minimum Gasteiger partial charge on any atom is -0.463 e. The van der Waals surface area contributed by atoms with Gasteiger partial charge in [0.25, 0.3) is 0 Å². The van der Waals surface area contributed by atoms with Gasteiger partial charge in [-0.05, 0) is 38.0 Å². The molecule has 0 radical (unpaired) electrons. The van der Waals surface area contributed by atoms with Crippen LogP contribution in [0, 0.1) is 11.8 Å². The highest BCUT2D eigenvalue weighted by molar-refractivity contribution is 5.70. The highest BCUT2D eigenvalue weighted by Crippen LogP contribution is 2.46. The average Bonchev–Trinajstić information content (AvgIpc) is 3.05. The van der Waals surface area contributed by atoms with Crippen molar-refractivity contribution in [3.63, 3.8) is 0 Å². The van der Waals surface area contributed by atoms with Gasteiger partial charge < -0.3 is 19.7 Å². The molecule has 0 aromatic carbocycles. The number of ether oxygens (including phenoxy) is 2. The van der Waals surface area contributed by atoms with Crippen molar-refractivity contribution in [3.8, 4) is 0 Å². The van der Waals surface area contributed by atoms with Crippen LogP contribution in [0.5, 0.6) is 0 Å². The van der Waals surface area contributed by atoms with Crippen LogP contribution in [0.15, 0.2) is 0 Å². The third-order valence-electron chi connectivity index (χ3n) is 4.21. The highest BCUT2D eigenvalue weighted by atomic mass is 16.5. The second kappa shape index (κ2) is 6.20. The van der Waals surface area contributed by atoms with Crippen molar-refractivity contribution >= 4 is 5.97 Å². The van der Waals surface area contributed by atoms with Crippen LogP contribution in [0.4, 0.5) is 0 Å². The van der Waals surface area contributed by atoms with Crippen LogP contribution in [-0.2, 0) is 14.3 Å². The van der Waals surface area contributed by atoms with E-state index >= 15 is 0 Å². The molecule has 1 heterocycles. The Morgan fingerprint density at radius 2 is 1.95 bits per heavy atom. The Hall–Kier alpha value is -0.650. The highest BCUT2D eigenvalue weighted by Gasteiger charge is 2.44. The van der Waals surface area contributed by atoms with Crippen molar-refractivity contribution in [2.45, 2.75) is 63.4 Å². The zero-order valence-corrected chi connectivity index (χ0v) is 11.6. The van der Waals surface area contributed by atoms with E-state index in [1.807, 2.05) is 6.92 Å². The molecule has 6 atom stereocenters. The molecule has 1 saturated heterocycles. The third-order valence-corrected chi connectivity index (χ3v) is 4.21. The van der Waals surface area contributed by atoms with Gasteiger partial charge in [0.2, 0.25) is 0 Å². The van der Waals surface area contributed by atoms with E-state index in [9.17, 15) is 15.0 Å². The van der Waals surface area contributed by atoms with Gasteiger partial charge in [0.05, 0.1) is 30.8 Å². The second-order valence-electron chi connectivity index (χ2n) is 5.95. The van der Waals surface area contributed by atoms with Crippen LogP contribution in [0.1, 0.15) is 39.0 Å². The van der Waals surface area contributed by atoms with E-state index in [0.29, 0.717) is 18.8 Å². The molecule has 0 amide bonds. The molecule has 1 aliphatic carbocycles. The van der Waals surface area contributed by atoms with Gasteiger partial charge in [-0.15, -0.1) is 0 Å². The van der Waals surface area contributed by atoms with E-state index in [-0.39, 0.29) is 36.6 Å². The minimum absolute atomic E-state index is 0.00557. The summed E-state index contributed by atoms with van der Waals surface area (Å²) in [5, 5.41) is 20.0. The lowest BCUT2D eigenvalue weighted by Crippen LogP contribution is -2.29.